The number of benzene rings is 3. The van der Waals surface area contributed by atoms with Gasteiger partial charge < -0.3 is 0 Å². The number of pyridine rings is 1. The van der Waals surface area contributed by atoms with Crippen LogP contribution in [0.5, 0.6) is 0 Å². The third-order valence-electron chi connectivity index (χ3n) is 7.09. The van der Waals surface area contributed by atoms with Gasteiger partial charge in [-0.05, 0) is 53.1 Å². The molecule has 0 fully saturated rings. The number of carbonyl (C=O) groups is 1. The molecule has 0 N–H and O–H groups in total. The lowest BCUT2D eigenvalue weighted by molar-refractivity contribution is -0.117. The van der Waals surface area contributed by atoms with Crippen molar-refractivity contribution in [1.29, 1.82) is 0 Å². The first-order valence-corrected chi connectivity index (χ1v) is 13.3. The summed E-state index contributed by atoms with van der Waals surface area (Å²) in [4.78, 5) is 29.0. The van der Waals surface area contributed by atoms with Crippen molar-refractivity contribution in [3.05, 3.63) is 140 Å². The highest BCUT2D eigenvalue weighted by Crippen LogP contribution is 2.47. The average molecular weight is 555 g/mol. The molecule has 1 aliphatic heterocycles. The summed E-state index contributed by atoms with van der Waals surface area (Å²) < 4.78 is 3.53. The van der Waals surface area contributed by atoms with Crippen molar-refractivity contribution in [2.45, 2.75) is 25.6 Å². The average Bonchev–Trinajstić information content (AvgIpc) is 3.53. The molecule has 1 amide bonds. The molecule has 0 saturated heterocycles. The largest absolute Gasteiger partial charge is 0.288 e. The van der Waals surface area contributed by atoms with Gasteiger partial charge in [0, 0.05) is 28.7 Å². The summed E-state index contributed by atoms with van der Waals surface area (Å²) in [6, 6.07) is 27.5. The molecule has 0 aliphatic carbocycles. The second kappa shape index (κ2) is 10.2. The molecule has 3 heterocycles. The van der Waals surface area contributed by atoms with Crippen LogP contribution in [0, 0.1) is 0 Å². The summed E-state index contributed by atoms with van der Waals surface area (Å²) in [6.45, 7) is 2.11. The fourth-order valence-corrected chi connectivity index (χ4v) is 5.60. The fraction of sp³-hybridized carbons (Fsp3) is 0.129. The van der Waals surface area contributed by atoms with Crippen molar-refractivity contribution in [2.24, 2.45) is 0 Å². The zero-order valence-electron chi connectivity index (χ0n) is 21.0. The molecule has 0 spiro atoms. The highest BCUT2D eigenvalue weighted by atomic mass is 35.5. The van der Waals surface area contributed by atoms with Gasteiger partial charge in [-0.2, -0.15) is 5.10 Å². The molecule has 6 nitrogen and oxygen atoms in total. The summed E-state index contributed by atoms with van der Waals surface area (Å²) in [6.07, 6.45) is 3.58. The maximum absolute atomic E-state index is 14.2. The van der Waals surface area contributed by atoms with E-state index < -0.39 is 12.1 Å². The Bertz CT molecular complexity index is 1710. The van der Waals surface area contributed by atoms with Gasteiger partial charge in [-0.1, -0.05) is 77.8 Å². The second-order valence-corrected chi connectivity index (χ2v) is 10.4. The van der Waals surface area contributed by atoms with E-state index in [1.54, 1.807) is 46.0 Å². The molecular formula is C31H24Cl2N4O2. The first-order chi connectivity index (χ1) is 18.9. The topological polar surface area (TPSA) is 60.1 Å². The second-order valence-electron chi connectivity index (χ2n) is 9.57. The third-order valence-corrected chi connectivity index (χ3v) is 7.60. The van der Waals surface area contributed by atoms with Crippen LogP contribution in [0.25, 0.3) is 11.1 Å². The summed E-state index contributed by atoms with van der Waals surface area (Å²) in [5, 5.41) is 5.69. The van der Waals surface area contributed by atoms with Gasteiger partial charge in [0.1, 0.15) is 5.82 Å². The Morgan fingerprint density at radius 1 is 0.821 bits per heavy atom. The number of anilines is 1. The highest BCUT2D eigenvalue weighted by Gasteiger charge is 2.43. The normalized spacial score (nSPS) is 16.3. The van der Waals surface area contributed by atoms with Gasteiger partial charge in [0.05, 0.1) is 30.4 Å². The van der Waals surface area contributed by atoms with Crippen molar-refractivity contribution in [3.8, 4) is 11.1 Å². The summed E-state index contributed by atoms with van der Waals surface area (Å²) in [5.74, 6) is 0.371. The van der Waals surface area contributed by atoms with E-state index in [9.17, 15) is 9.59 Å². The Morgan fingerprint density at radius 3 is 2.05 bits per heavy atom. The Kier molecular flexibility index (Phi) is 6.59. The number of carbonyl (C=O) groups excluding carboxylic acids is 1. The summed E-state index contributed by atoms with van der Waals surface area (Å²) in [5.41, 5.74) is 3.87. The van der Waals surface area contributed by atoms with Crippen LogP contribution < -0.4 is 10.5 Å². The molecule has 6 rings (SSSR count). The highest BCUT2D eigenvalue weighted by molar-refractivity contribution is 6.30. The minimum Gasteiger partial charge on any atom is -0.288 e. The van der Waals surface area contributed by atoms with Gasteiger partial charge in [-0.15, -0.1) is 0 Å². The van der Waals surface area contributed by atoms with Gasteiger partial charge in [-0.3, -0.25) is 23.7 Å². The summed E-state index contributed by atoms with van der Waals surface area (Å²) >= 11 is 12.4. The molecule has 5 aromatic rings. The van der Waals surface area contributed by atoms with Crippen molar-refractivity contribution in [1.82, 2.24) is 14.3 Å². The van der Waals surface area contributed by atoms with E-state index in [1.807, 2.05) is 71.5 Å². The quantitative estimate of drug-likeness (QED) is 0.241. The zero-order valence-corrected chi connectivity index (χ0v) is 22.5. The molecule has 2 aromatic heterocycles. The molecule has 0 bridgehead atoms. The van der Waals surface area contributed by atoms with E-state index in [1.165, 1.54) is 6.92 Å². The van der Waals surface area contributed by atoms with Crippen molar-refractivity contribution in [2.75, 3.05) is 4.90 Å². The molecule has 3 aromatic carbocycles. The maximum Gasteiger partial charge on any atom is 0.260 e. The number of amides is 1. The Labute approximate surface area is 235 Å². The number of rotatable bonds is 5. The molecule has 194 valence electrons. The number of halogens is 2. The first kappa shape index (κ1) is 25.2. The molecular weight excluding hydrogens is 531 g/mol. The molecule has 0 unspecified atom stereocenters. The minimum absolute atomic E-state index is 0.164. The van der Waals surface area contributed by atoms with Crippen LogP contribution in [0.3, 0.4) is 0 Å². The van der Waals surface area contributed by atoms with Crippen molar-refractivity contribution < 1.29 is 4.79 Å². The minimum atomic E-state index is -0.478. The van der Waals surface area contributed by atoms with E-state index >= 15 is 0 Å². The van der Waals surface area contributed by atoms with Crippen molar-refractivity contribution in [3.63, 3.8) is 0 Å². The van der Waals surface area contributed by atoms with Crippen LogP contribution in [-0.2, 0) is 11.3 Å². The Morgan fingerprint density at radius 2 is 1.44 bits per heavy atom. The van der Waals surface area contributed by atoms with Crippen LogP contribution in [-0.4, -0.2) is 20.3 Å². The van der Waals surface area contributed by atoms with Gasteiger partial charge in [0.25, 0.3) is 5.56 Å². The predicted octanol–water partition coefficient (Wildman–Crippen LogP) is 6.76. The van der Waals surface area contributed by atoms with E-state index in [-0.39, 0.29) is 11.5 Å². The van der Waals surface area contributed by atoms with E-state index in [4.69, 9.17) is 23.2 Å². The number of aromatic nitrogens is 3. The van der Waals surface area contributed by atoms with E-state index in [0.29, 0.717) is 33.5 Å². The van der Waals surface area contributed by atoms with Gasteiger partial charge in [0.2, 0.25) is 5.91 Å². The van der Waals surface area contributed by atoms with Crippen LogP contribution in [0.1, 0.15) is 35.7 Å². The Hall–Kier alpha value is -4.13. The number of nitrogens with zero attached hydrogens (tertiary/aromatic N) is 4. The number of hydrogen-bond donors (Lipinski definition) is 0. The third kappa shape index (κ3) is 4.67. The molecule has 0 saturated carbocycles. The standard InChI is InChI=1S/C31H24Cl2N4O2/c1-20(38)36-28-16-15-27(24-17-34-35(19-24)18-21-5-3-2-4-6-21)31(39)37(28)30(23-9-13-26(33)14-10-23)29(36)22-7-11-25(32)12-8-22/h2-17,19,29-30H,18H2,1H3/t29-,30+/m0/s1. The molecule has 8 heteroatoms. The number of hydrogen-bond acceptors (Lipinski definition) is 3. The zero-order chi connectivity index (χ0) is 27.1. The lowest BCUT2D eigenvalue weighted by atomic mass is 9.93. The maximum atomic E-state index is 14.2. The lowest BCUT2D eigenvalue weighted by Crippen LogP contribution is -2.31. The monoisotopic (exact) mass is 554 g/mol. The van der Waals surface area contributed by atoms with Crippen LogP contribution in [0.15, 0.2) is 108 Å². The smallest absolute Gasteiger partial charge is 0.260 e. The fourth-order valence-electron chi connectivity index (χ4n) is 5.35. The van der Waals surface area contributed by atoms with Crippen LogP contribution in [0.4, 0.5) is 5.82 Å². The first-order valence-electron chi connectivity index (χ1n) is 12.5. The lowest BCUT2D eigenvalue weighted by Gasteiger charge is -2.27. The van der Waals surface area contributed by atoms with E-state index in [0.717, 1.165) is 16.7 Å². The molecule has 2 atom stereocenters. The van der Waals surface area contributed by atoms with Crippen molar-refractivity contribution >= 4 is 34.9 Å². The van der Waals surface area contributed by atoms with Gasteiger partial charge in [-0.25, -0.2) is 0 Å². The van der Waals surface area contributed by atoms with Crippen LogP contribution in [0.2, 0.25) is 10.0 Å². The number of fused-ring (bicyclic) bond motifs is 1. The van der Waals surface area contributed by atoms with Gasteiger partial charge in [0.15, 0.2) is 0 Å². The van der Waals surface area contributed by atoms with E-state index in [2.05, 4.69) is 5.10 Å². The molecule has 1 aliphatic rings. The molecule has 39 heavy (non-hydrogen) atoms. The van der Waals surface area contributed by atoms with Crippen LogP contribution >= 0.6 is 23.2 Å². The molecule has 0 radical (unpaired) electrons. The summed E-state index contributed by atoms with van der Waals surface area (Å²) in [7, 11) is 0. The SMILES string of the molecule is CC(=O)N1c2ccc(-c3cnn(Cc4ccccc4)c3)c(=O)n2[C@H](c2ccc(Cl)cc2)[C@@H]1c1ccc(Cl)cc1. The Balaban J connectivity index is 1.50. The predicted molar refractivity (Wildman–Crippen MR) is 154 cm³/mol. The van der Waals surface area contributed by atoms with Gasteiger partial charge >= 0.3 is 0 Å².